The van der Waals surface area contributed by atoms with Crippen LogP contribution in [0.5, 0.6) is 0 Å². The van der Waals surface area contributed by atoms with Crippen LogP contribution in [-0.4, -0.2) is 41.1 Å². The van der Waals surface area contributed by atoms with E-state index in [4.69, 9.17) is 0 Å². The Kier molecular flexibility index (Phi) is 5.95. The molecule has 1 unspecified atom stereocenters. The first-order valence-corrected chi connectivity index (χ1v) is 11.2. The van der Waals surface area contributed by atoms with Gasteiger partial charge in [0.2, 0.25) is 0 Å². The lowest BCUT2D eigenvalue weighted by Crippen LogP contribution is -2.48. The maximum Gasteiger partial charge on any atom is 0.266 e. The minimum atomic E-state index is 0.0705. The van der Waals surface area contributed by atoms with Gasteiger partial charge in [-0.3, -0.25) is 14.7 Å². The summed E-state index contributed by atoms with van der Waals surface area (Å²) >= 11 is 1.50. The molecule has 2 aliphatic heterocycles. The summed E-state index contributed by atoms with van der Waals surface area (Å²) in [5.41, 5.74) is 5.26. The highest BCUT2D eigenvalue weighted by molar-refractivity contribution is 8.18. The van der Waals surface area contributed by atoms with E-state index < -0.39 is 0 Å². The highest BCUT2D eigenvalue weighted by Crippen LogP contribution is 2.44. The van der Waals surface area contributed by atoms with E-state index in [1.54, 1.807) is 4.90 Å². The van der Waals surface area contributed by atoms with Crippen molar-refractivity contribution in [2.24, 2.45) is 4.99 Å². The Morgan fingerprint density at radius 3 is 2.57 bits per heavy atom. The van der Waals surface area contributed by atoms with Gasteiger partial charge in [0.05, 0.1) is 4.91 Å². The normalized spacial score (nSPS) is 24.4. The zero-order valence-corrected chi connectivity index (χ0v) is 19.1. The summed E-state index contributed by atoms with van der Waals surface area (Å²) in [6, 6.07) is 4.62. The first-order chi connectivity index (χ1) is 13.2. The van der Waals surface area contributed by atoms with Crippen molar-refractivity contribution in [3.05, 3.63) is 33.7 Å². The lowest BCUT2D eigenvalue weighted by molar-refractivity contribution is -0.122. The van der Waals surface area contributed by atoms with Crippen LogP contribution in [0, 0.1) is 6.92 Å². The molecule has 0 saturated carbocycles. The molecule has 0 bridgehead atoms. The van der Waals surface area contributed by atoms with Crippen molar-refractivity contribution in [1.29, 1.82) is 0 Å². The summed E-state index contributed by atoms with van der Waals surface area (Å²) in [5.74, 6) is 0.572. The topological polar surface area (TPSA) is 35.9 Å². The standard InChI is InChI=1S/C23H33N3OS/c1-8-24-22-25(9-2)21(27)20(28-22)13-17-12-18-16(5)14-23(6,7)26(10-3)19(18)11-15(17)4/h11-13,16H,8-10,14H2,1-7H3/b20-13-,24-22?. The molecule has 28 heavy (non-hydrogen) atoms. The molecule has 3 rings (SSSR count). The van der Waals surface area contributed by atoms with Gasteiger partial charge in [0.15, 0.2) is 5.17 Å². The molecule has 2 aliphatic rings. The van der Waals surface area contributed by atoms with Gasteiger partial charge in [-0.15, -0.1) is 0 Å². The highest BCUT2D eigenvalue weighted by Gasteiger charge is 2.36. The first kappa shape index (κ1) is 21.0. The Labute approximate surface area is 174 Å². The average molecular weight is 400 g/mol. The second-order valence-electron chi connectivity index (χ2n) is 8.35. The van der Waals surface area contributed by atoms with Crippen molar-refractivity contribution in [3.8, 4) is 0 Å². The molecule has 1 amide bonds. The summed E-state index contributed by atoms with van der Waals surface area (Å²) < 4.78 is 0. The van der Waals surface area contributed by atoms with E-state index in [2.05, 4.69) is 62.7 Å². The SMILES string of the molecule is CCN=C1S/C(=C\c2cc3c(cc2C)N(CC)C(C)(C)CC3C)C(=O)N1CC. The first-order valence-electron chi connectivity index (χ1n) is 10.4. The van der Waals surface area contributed by atoms with Gasteiger partial charge in [0.1, 0.15) is 0 Å². The minimum absolute atomic E-state index is 0.0705. The van der Waals surface area contributed by atoms with Crippen molar-refractivity contribution in [2.75, 3.05) is 24.5 Å². The molecule has 5 heteroatoms. The maximum absolute atomic E-state index is 12.8. The van der Waals surface area contributed by atoms with Gasteiger partial charge in [-0.2, -0.15) is 0 Å². The number of carbonyl (C=O) groups excluding carboxylic acids is 1. The predicted octanol–water partition coefficient (Wildman–Crippen LogP) is 5.42. The largest absolute Gasteiger partial charge is 0.366 e. The number of amides is 1. The number of likely N-dealkylation sites (N-methyl/N-ethyl adjacent to an activating group) is 1. The van der Waals surface area contributed by atoms with Gasteiger partial charge in [-0.1, -0.05) is 6.92 Å². The Hall–Kier alpha value is -1.75. The number of carbonyl (C=O) groups is 1. The Morgan fingerprint density at radius 1 is 1.25 bits per heavy atom. The van der Waals surface area contributed by atoms with E-state index in [1.165, 1.54) is 28.6 Å². The second kappa shape index (κ2) is 7.94. The lowest BCUT2D eigenvalue weighted by atomic mass is 9.79. The van der Waals surface area contributed by atoms with Crippen LogP contribution in [0.1, 0.15) is 70.6 Å². The van der Waals surface area contributed by atoms with Gasteiger partial charge in [-0.25, -0.2) is 0 Å². The number of fused-ring (bicyclic) bond motifs is 1. The molecule has 1 aromatic rings. The molecule has 2 heterocycles. The lowest BCUT2D eigenvalue weighted by Gasteiger charge is -2.47. The molecular weight excluding hydrogens is 366 g/mol. The zero-order valence-electron chi connectivity index (χ0n) is 18.3. The number of hydrogen-bond donors (Lipinski definition) is 0. The molecule has 4 nitrogen and oxygen atoms in total. The van der Waals surface area contributed by atoms with E-state index in [9.17, 15) is 4.79 Å². The number of aryl methyl sites for hydroxylation is 1. The molecule has 152 valence electrons. The third-order valence-electron chi connectivity index (χ3n) is 5.87. The second-order valence-corrected chi connectivity index (χ2v) is 9.36. The van der Waals surface area contributed by atoms with Gasteiger partial charge < -0.3 is 4.90 Å². The molecule has 1 aromatic carbocycles. The fourth-order valence-electron chi connectivity index (χ4n) is 4.59. The smallest absolute Gasteiger partial charge is 0.266 e. The molecule has 0 radical (unpaired) electrons. The van der Waals surface area contributed by atoms with Crippen LogP contribution in [0.15, 0.2) is 22.0 Å². The summed E-state index contributed by atoms with van der Waals surface area (Å²) in [5, 5.41) is 0.823. The highest BCUT2D eigenvalue weighted by atomic mass is 32.2. The van der Waals surface area contributed by atoms with Crippen molar-refractivity contribution in [1.82, 2.24) is 4.90 Å². The Bertz CT molecular complexity index is 840. The van der Waals surface area contributed by atoms with Crippen molar-refractivity contribution >= 4 is 34.6 Å². The van der Waals surface area contributed by atoms with Crippen LogP contribution >= 0.6 is 11.8 Å². The third kappa shape index (κ3) is 3.61. The molecule has 0 spiro atoms. The van der Waals surface area contributed by atoms with Crippen molar-refractivity contribution < 1.29 is 4.79 Å². The van der Waals surface area contributed by atoms with Crippen LogP contribution in [0.2, 0.25) is 0 Å². The fourth-order valence-corrected chi connectivity index (χ4v) is 5.68. The third-order valence-corrected chi connectivity index (χ3v) is 6.92. The van der Waals surface area contributed by atoms with Gasteiger partial charge >= 0.3 is 0 Å². The van der Waals surface area contributed by atoms with Gasteiger partial charge in [0.25, 0.3) is 5.91 Å². The zero-order chi connectivity index (χ0) is 20.6. The molecule has 0 aliphatic carbocycles. The predicted molar refractivity (Wildman–Crippen MR) is 122 cm³/mol. The van der Waals surface area contributed by atoms with E-state index in [-0.39, 0.29) is 11.4 Å². The summed E-state index contributed by atoms with van der Waals surface area (Å²) in [7, 11) is 0. The van der Waals surface area contributed by atoms with Gasteiger partial charge in [0, 0.05) is 30.9 Å². The molecule has 1 atom stereocenters. The molecule has 1 fully saturated rings. The van der Waals surface area contributed by atoms with Crippen LogP contribution in [0.4, 0.5) is 5.69 Å². The number of anilines is 1. The van der Waals surface area contributed by atoms with Crippen LogP contribution in [-0.2, 0) is 4.79 Å². The number of amidine groups is 1. The number of thioether (sulfide) groups is 1. The van der Waals surface area contributed by atoms with E-state index in [0.29, 0.717) is 19.0 Å². The van der Waals surface area contributed by atoms with Crippen molar-refractivity contribution in [3.63, 3.8) is 0 Å². The molecule has 0 N–H and O–H groups in total. The Morgan fingerprint density at radius 2 is 1.96 bits per heavy atom. The minimum Gasteiger partial charge on any atom is -0.366 e. The summed E-state index contributed by atoms with van der Waals surface area (Å²) in [4.78, 5) is 22.4. The fraction of sp³-hybridized carbons (Fsp3) is 0.565. The number of rotatable bonds is 4. The molecular formula is C23H33N3OS. The average Bonchev–Trinajstić information content (AvgIpc) is 2.91. The van der Waals surface area contributed by atoms with E-state index in [1.807, 2.05) is 13.8 Å². The van der Waals surface area contributed by atoms with Crippen LogP contribution in [0.3, 0.4) is 0 Å². The van der Waals surface area contributed by atoms with E-state index in [0.717, 1.165) is 28.6 Å². The van der Waals surface area contributed by atoms with Crippen LogP contribution in [0.25, 0.3) is 6.08 Å². The quantitative estimate of drug-likeness (QED) is 0.634. The number of hydrogen-bond acceptors (Lipinski definition) is 4. The monoisotopic (exact) mass is 399 g/mol. The number of benzene rings is 1. The van der Waals surface area contributed by atoms with E-state index >= 15 is 0 Å². The summed E-state index contributed by atoms with van der Waals surface area (Å²) in [6.07, 6.45) is 3.20. The molecule has 1 saturated heterocycles. The van der Waals surface area contributed by atoms with Crippen molar-refractivity contribution in [2.45, 2.75) is 66.3 Å². The molecule has 0 aromatic heterocycles. The number of aliphatic imine (C=N–C) groups is 1. The van der Waals surface area contributed by atoms with Crippen LogP contribution < -0.4 is 4.90 Å². The number of nitrogens with zero attached hydrogens (tertiary/aromatic N) is 3. The summed E-state index contributed by atoms with van der Waals surface area (Å²) in [6.45, 7) is 17.7. The Balaban J connectivity index is 2.04. The maximum atomic E-state index is 12.8. The van der Waals surface area contributed by atoms with Gasteiger partial charge in [-0.05, 0) is 101 Å².